The van der Waals surface area contributed by atoms with Gasteiger partial charge in [-0.15, -0.1) is 0 Å². The van der Waals surface area contributed by atoms with Crippen molar-refractivity contribution in [3.63, 3.8) is 0 Å². The largest absolute Gasteiger partial charge is 0.486 e. The highest BCUT2D eigenvalue weighted by atomic mass is 35.5. The Morgan fingerprint density at radius 3 is 2.74 bits per heavy atom. The molecule has 204 valence electrons. The third-order valence-electron chi connectivity index (χ3n) is 7.70. The highest BCUT2D eigenvalue weighted by Crippen LogP contribution is 2.43. The molecule has 0 saturated carbocycles. The maximum Gasteiger partial charge on any atom is 0.310 e. The summed E-state index contributed by atoms with van der Waals surface area (Å²) in [6.07, 6.45) is 2.30. The molecular weight excluding hydrogens is 520 g/mol. The van der Waals surface area contributed by atoms with E-state index < -0.39 is 0 Å². The van der Waals surface area contributed by atoms with Crippen molar-refractivity contribution in [3.05, 3.63) is 64.2 Å². The summed E-state index contributed by atoms with van der Waals surface area (Å²) in [5.41, 5.74) is 5.50. The summed E-state index contributed by atoms with van der Waals surface area (Å²) < 4.78 is 28.4. The minimum atomic E-state index is -0.169. The molecule has 3 heterocycles. The van der Waals surface area contributed by atoms with E-state index >= 15 is 0 Å². The normalized spacial score (nSPS) is 20.0. The van der Waals surface area contributed by atoms with E-state index in [2.05, 4.69) is 34.1 Å². The Morgan fingerprint density at radius 1 is 1.08 bits per heavy atom. The quantitative estimate of drug-likeness (QED) is 0.369. The number of hydrogen-bond donors (Lipinski definition) is 0. The summed E-state index contributed by atoms with van der Waals surface area (Å²) >= 11 is 6.68. The lowest BCUT2D eigenvalue weighted by Crippen LogP contribution is -2.24. The van der Waals surface area contributed by atoms with Crippen LogP contribution in [0.25, 0.3) is 11.1 Å². The number of carbonyl (C=O) groups excluding carboxylic acids is 1. The monoisotopic (exact) mass is 550 g/mol. The number of rotatable bonds is 7. The van der Waals surface area contributed by atoms with Crippen LogP contribution < -0.4 is 18.9 Å². The summed E-state index contributed by atoms with van der Waals surface area (Å²) in [5.74, 6) is 2.11. The van der Waals surface area contributed by atoms with Crippen molar-refractivity contribution in [2.24, 2.45) is 5.92 Å². The van der Waals surface area contributed by atoms with Gasteiger partial charge in [0, 0.05) is 18.7 Å². The van der Waals surface area contributed by atoms with Gasteiger partial charge in [0.15, 0.2) is 11.5 Å². The first kappa shape index (κ1) is 25.8. The van der Waals surface area contributed by atoms with Gasteiger partial charge < -0.3 is 23.7 Å². The van der Waals surface area contributed by atoms with Crippen LogP contribution in [-0.4, -0.2) is 56.4 Å². The summed E-state index contributed by atoms with van der Waals surface area (Å²) in [6.45, 7) is 3.14. The number of nitrogens with zero attached hydrogens (tertiary/aromatic N) is 2. The lowest BCUT2D eigenvalue weighted by atomic mass is 9.96. The number of fused-ring (bicyclic) bond motifs is 2. The van der Waals surface area contributed by atoms with Gasteiger partial charge in [-0.2, -0.15) is 4.98 Å². The molecule has 3 aromatic rings. The van der Waals surface area contributed by atoms with Gasteiger partial charge in [-0.25, -0.2) is 0 Å². The molecule has 3 aliphatic rings. The van der Waals surface area contributed by atoms with Crippen LogP contribution in [0.15, 0.2) is 42.5 Å². The van der Waals surface area contributed by atoms with Gasteiger partial charge in [0.1, 0.15) is 24.3 Å². The molecular formula is C30H31ClN2O6. The second-order valence-corrected chi connectivity index (χ2v) is 10.5. The predicted molar refractivity (Wildman–Crippen MR) is 146 cm³/mol. The lowest BCUT2D eigenvalue weighted by Gasteiger charge is -2.20. The summed E-state index contributed by atoms with van der Waals surface area (Å²) in [6, 6.07) is 14.3. The van der Waals surface area contributed by atoms with E-state index in [0.717, 1.165) is 54.0 Å². The first-order valence-corrected chi connectivity index (χ1v) is 13.6. The molecule has 0 unspecified atom stereocenters. The average Bonchev–Trinajstić information content (AvgIpc) is 3.61. The second-order valence-electron chi connectivity index (χ2n) is 10.1. The molecule has 0 N–H and O–H groups in total. The molecule has 6 rings (SSSR count). The number of pyridine rings is 1. The first-order chi connectivity index (χ1) is 19.0. The van der Waals surface area contributed by atoms with E-state index in [-0.39, 0.29) is 18.0 Å². The van der Waals surface area contributed by atoms with Crippen molar-refractivity contribution in [2.45, 2.75) is 31.9 Å². The number of ether oxygens (including phenoxy) is 5. The van der Waals surface area contributed by atoms with Gasteiger partial charge in [0.25, 0.3) is 0 Å². The van der Waals surface area contributed by atoms with E-state index in [1.165, 1.54) is 18.2 Å². The average molecular weight is 551 g/mol. The van der Waals surface area contributed by atoms with E-state index in [9.17, 15) is 4.79 Å². The molecule has 2 aliphatic heterocycles. The van der Waals surface area contributed by atoms with Crippen LogP contribution >= 0.6 is 11.6 Å². The molecule has 1 aromatic heterocycles. The Labute approximate surface area is 232 Å². The zero-order valence-corrected chi connectivity index (χ0v) is 22.8. The zero-order chi connectivity index (χ0) is 26.9. The van der Waals surface area contributed by atoms with Crippen LogP contribution in [-0.2, 0) is 22.5 Å². The first-order valence-electron chi connectivity index (χ1n) is 13.3. The third kappa shape index (κ3) is 5.11. The van der Waals surface area contributed by atoms with Gasteiger partial charge in [0.2, 0.25) is 11.8 Å². The fourth-order valence-corrected chi connectivity index (χ4v) is 6.02. The van der Waals surface area contributed by atoms with E-state index in [1.54, 1.807) is 7.11 Å². The van der Waals surface area contributed by atoms with Gasteiger partial charge in [-0.05, 0) is 66.3 Å². The predicted octanol–water partition coefficient (Wildman–Crippen LogP) is 5.24. The van der Waals surface area contributed by atoms with Gasteiger partial charge in [-0.1, -0.05) is 35.9 Å². The van der Waals surface area contributed by atoms with Crippen molar-refractivity contribution < 1.29 is 28.5 Å². The van der Waals surface area contributed by atoms with Crippen LogP contribution in [0.5, 0.6) is 23.3 Å². The molecule has 1 aliphatic carbocycles. The standard InChI is InChI=1S/C30H31ClN2O6/c1-35-28-20(17-33-11-10-19(16-33)30(34)36-2)14-24(31)29(32-28)39-25-9-7-22-21(4-3-5-23(22)25)18-6-8-26-27(15-18)38-13-12-37-26/h3-6,8,14-15,19,25H,7,9-13,16-17H2,1-2H3/t19-,25-/m0/s1. The van der Waals surface area contributed by atoms with Crippen molar-refractivity contribution in [1.82, 2.24) is 9.88 Å². The number of likely N-dealkylation sites (tertiary alicyclic amines) is 1. The lowest BCUT2D eigenvalue weighted by molar-refractivity contribution is -0.144. The van der Waals surface area contributed by atoms with Crippen LogP contribution in [0.2, 0.25) is 5.02 Å². The number of halogens is 1. The molecule has 39 heavy (non-hydrogen) atoms. The molecule has 1 fully saturated rings. The van der Waals surface area contributed by atoms with Crippen LogP contribution in [0, 0.1) is 5.92 Å². The van der Waals surface area contributed by atoms with Gasteiger partial charge in [0.05, 0.1) is 20.1 Å². The molecule has 9 heteroatoms. The fourth-order valence-electron chi connectivity index (χ4n) is 5.80. The highest BCUT2D eigenvalue weighted by Gasteiger charge is 2.31. The molecule has 2 aromatic carbocycles. The molecule has 0 radical (unpaired) electrons. The SMILES string of the molecule is COC(=O)[C@H]1CCN(Cc2cc(Cl)c(O[C@H]3CCc4c(-c5ccc6c(c5)OCCO6)cccc43)nc2OC)C1. The Kier molecular flexibility index (Phi) is 7.23. The smallest absolute Gasteiger partial charge is 0.310 e. The van der Waals surface area contributed by atoms with Crippen molar-refractivity contribution in [2.75, 3.05) is 40.5 Å². The Balaban J connectivity index is 1.21. The van der Waals surface area contributed by atoms with Crippen molar-refractivity contribution >= 4 is 17.6 Å². The molecule has 0 amide bonds. The maximum absolute atomic E-state index is 11.9. The van der Waals surface area contributed by atoms with Crippen LogP contribution in [0.3, 0.4) is 0 Å². The molecule has 2 atom stereocenters. The van der Waals surface area contributed by atoms with E-state index in [0.29, 0.717) is 43.1 Å². The number of hydrogen-bond acceptors (Lipinski definition) is 8. The molecule has 0 bridgehead atoms. The molecule has 8 nitrogen and oxygen atoms in total. The Morgan fingerprint density at radius 2 is 1.92 bits per heavy atom. The fraction of sp³-hybridized carbons (Fsp3) is 0.400. The minimum absolute atomic E-state index is 0.110. The van der Waals surface area contributed by atoms with Crippen molar-refractivity contribution in [3.8, 4) is 34.4 Å². The number of carbonyl (C=O) groups is 1. The zero-order valence-electron chi connectivity index (χ0n) is 22.1. The van der Waals surface area contributed by atoms with Gasteiger partial charge in [-0.3, -0.25) is 9.69 Å². The Bertz CT molecular complexity index is 1400. The molecule has 0 spiro atoms. The number of methoxy groups -OCH3 is 2. The topological polar surface area (TPSA) is 79.4 Å². The maximum atomic E-state index is 11.9. The number of aromatic nitrogens is 1. The third-order valence-corrected chi connectivity index (χ3v) is 7.97. The van der Waals surface area contributed by atoms with Crippen molar-refractivity contribution in [1.29, 1.82) is 0 Å². The second kappa shape index (κ2) is 10.9. The minimum Gasteiger partial charge on any atom is -0.486 e. The molecule has 1 saturated heterocycles. The van der Waals surface area contributed by atoms with Crippen LogP contribution in [0.1, 0.15) is 35.6 Å². The Hall–Kier alpha value is -3.49. The summed E-state index contributed by atoms with van der Waals surface area (Å²) in [7, 11) is 3.02. The van der Waals surface area contributed by atoms with Crippen LogP contribution in [0.4, 0.5) is 0 Å². The summed E-state index contributed by atoms with van der Waals surface area (Å²) in [5, 5.41) is 0.436. The number of esters is 1. The van der Waals surface area contributed by atoms with E-state index in [1.807, 2.05) is 18.2 Å². The van der Waals surface area contributed by atoms with E-state index in [4.69, 9.17) is 35.3 Å². The van der Waals surface area contributed by atoms with Gasteiger partial charge >= 0.3 is 5.97 Å². The number of benzene rings is 2. The summed E-state index contributed by atoms with van der Waals surface area (Å²) in [4.78, 5) is 18.7. The highest BCUT2D eigenvalue weighted by molar-refractivity contribution is 6.31.